The van der Waals surface area contributed by atoms with Crippen molar-refractivity contribution < 1.29 is 14.3 Å². The molecule has 1 aromatic heterocycles. The van der Waals surface area contributed by atoms with Crippen LogP contribution in [0.15, 0.2) is 54.6 Å². The predicted molar refractivity (Wildman–Crippen MR) is 118 cm³/mol. The summed E-state index contributed by atoms with van der Waals surface area (Å²) in [6.07, 6.45) is 3.43. The number of halogens is 1. The number of fused-ring (bicyclic) bond motifs is 1. The molecular formula is C25H24ClNO3. The molecule has 4 nitrogen and oxygen atoms in total. The van der Waals surface area contributed by atoms with Gasteiger partial charge in [0.05, 0.1) is 12.8 Å². The average Bonchev–Trinajstić information content (AvgIpc) is 3.23. The van der Waals surface area contributed by atoms with Crippen molar-refractivity contribution in [3.05, 3.63) is 82.0 Å². The Morgan fingerprint density at radius 2 is 1.93 bits per heavy atom. The second kappa shape index (κ2) is 8.88. The number of aromatic nitrogens is 1. The number of nitrogens with zero attached hydrogens (tertiary/aromatic N) is 1. The molecule has 1 atom stereocenters. The molecule has 0 N–H and O–H groups in total. The highest BCUT2D eigenvalue weighted by atomic mass is 35.5. The van der Waals surface area contributed by atoms with E-state index in [0.717, 1.165) is 36.9 Å². The third-order valence-corrected chi connectivity index (χ3v) is 5.66. The molecule has 5 heteroatoms. The summed E-state index contributed by atoms with van der Waals surface area (Å²) in [6.45, 7) is 1.68. The average molecular weight is 422 g/mol. The molecule has 0 fully saturated rings. The van der Waals surface area contributed by atoms with Gasteiger partial charge in [-0.05, 0) is 79.6 Å². The Balaban J connectivity index is 1.58. The largest absolute Gasteiger partial charge is 0.479 e. The van der Waals surface area contributed by atoms with Gasteiger partial charge in [-0.25, -0.2) is 4.79 Å². The van der Waals surface area contributed by atoms with Crippen LogP contribution in [0.1, 0.15) is 35.7 Å². The number of ether oxygens (including phenoxy) is 2. The van der Waals surface area contributed by atoms with Crippen LogP contribution in [-0.4, -0.2) is 24.2 Å². The van der Waals surface area contributed by atoms with Crippen LogP contribution < -0.4 is 4.74 Å². The van der Waals surface area contributed by atoms with Gasteiger partial charge < -0.3 is 9.47 Å². The summed E-state index contributed by atoms with van der Waals surface area (Å²) in [5.41, 5.74) is 7.09. The molecule has 0 spiro atoms. The molecule has 0 saturated carbocycles. The number of carbonyl (C=O) groups is 1. The summed E-state index contributed by atoms with van der Waals surface area (Å²) in [5, 5.41) is 0.716. The normalized spacial score (nSPS) is 13.6. The number of pyridine rings is 1. The van der Waals surface area contributed by atoms with Gasteiger partial charge >= 0.3 is 5.97 Å². The van der Waals surface area contributed by atoms with Crippen molar-refractivity contribution in [2.75, 3.05) is 7.11 Å². The quantitative estimate of drug-likeness (QED) is 0.498. The molecule has 0 bridgehead atoms. The number of hydrogen-bond donors (Lipinski definition) is 0. The zero-order valence-electron chi connectivity index (χ0n) is 17.2. The minimum atomic E-state index is -0.635. The van der Waals surface area contributed by atoms with Crippen LogP contribution in [0.5, 0.6) is 5.75 Å². The maximum Gasteiger partial charge on any atom is 0.346 e. The Morgan fingerprint density at radius 1 is 1.13 bits per heavy atom. The number of hydrogen-bond acceptors (Lipinski definition) is 4. The molecule has 1 aliphatic rings. The molecule has 0 radical (unpaired) electrons. The Hall–Kier alpha value is -2.85. The zero-order valence-corrected chi connectivity index (χ0v) is 17.9. The fourth-order valence-corrected chi connectivity index (χ4v) is 4.09. The molecule has 30 heavy (non-hydrogen) atoms. The minimum Gasteiger partial charge on any atom is -0.479 e. The maximum atomic E-state index is 11.5. The van der Waals surface area contributed by atoms with Crippen molar-refractivity contribution in [1.29, 1.82) is 0 Å². The van der Waals surface area contributed by atoms with Crippen molar-refractivity contribution in [2.24, 2.45) is 0 Å². The van der Waals surface area contributed by atoms with E-state index in [1.807, 2.05) is 48.5 Å². The van der Waals surface area contributed by atoms with Crippen LogP contribution in [0.3, 0.4) is 0 Å². The monoisotopic (exact) mass is 421 g/mol. The van der Waals surface area contributed by atoms with Crippen LogP contribution in [0.4, 0.5) is 0 Å². The van der Waals surface area contributed by atoms with Crippen molar-refractivity contribution in [3.8, 4) is 17.0 Å². The van der Waals surface area contributed by atoms with Crippen molar-refractivity contribution in [3.63, 3.8) is 0 Å². The fourth-order valence-electron chi connectivity index (χ4n) is 3.90. The highest BCUT2D eigenvalue weighted by molar-refractivity contribution is 6.30. The lowest BCUT2D eigenvalue weighted by Crippen LogP contribution is -2.24. The van der Waals surface area contributed by atoms with E-state index in [1.165, 1.54) is 29.5 Å². The number of benzene rings is 2. The first-order chi connectivity index (χ1) is 14.5. The number of carbonyl (C=O) groups excluding carboxylic acids is 1. The fraction of sp³-hybridized carbons (Fsp3) is 0.280. The van der Waals surface area contributed by atoms with E-state index in [4.69, 9.17) is 26.1 Å². The lowest BCUT2D eigenvalue weighted by atomic mass is 9.97. The van der Waals surface area contributed by atoms with E-state index in [1.54, 1.807) is 6.92 Å². The smallest absolute Gasteiger partial charge is 0.346 e. The molecule has 1 heterocycles. The van der Waals surface area contributed by atoms with E-state index in [9.17, 15) is 4.79 Å². The molecule has 0 amide bonds. The lowest BCUT2D eigenvalue weighted by Gasteiger charge is -2.14. The summed E-state index contributed by atoms with van der Waals surface area (Å²) in [5.74, 6) is 0.260. The minimum absolute atomic E-state index is 0.389. The van der Waals surface area contributed by atoms with E-state index < -0.39 is 6.10 Å². The van der Waals surface area contributed by atoms with Gasteiger partial charge in [-0.15, -0.1) is 0 Å². The van der Waals surface area contributed by atoms with Crippen LogP contribution >= 0.6 is 11.6 Å². The van der Waals surface area contributed by atoms with Gasteiger partial charge in [0.1, 0.15) is 5.75 Å². The second-order valence-electron chi connectivity index (χ2n) is 7.56. The van der Waals surface area contributed by atoms with Gasteiger partial charge in [0.25, 0.3) is 0 Å². The van der Waals surface area contributed by atoms with E-state index in [-0.39, 0.29) is 5.97 Å². The molecule has 0 aliphatic heterocycles. The van der Waals surface area contributed by atoms with Crippen LogP contribution in [-0.2, 0) is 28.8 Å². The number of methoxy groups -OCH3 is 1. The van der Waals surface area contributed by atoms with E-state index >= 15 is 0 Å². The molecular weight excluding hydrogens is 398 g/mol. The molecule has 4 rings (SSSR count). The molecule has 2 aromatic carbocycles. The Morgan fingerprint density at radius 3 is 2.67 bits per heavy atom. The summed E-state index contributed by atoms with van der Waals surface area (Å²) >= 11 is 6.19. The number of aryl methyl sites for hydroxylation is 1. The van der Waals surface area contributed by atoms with E-state index in [2.05, 4.69) is 6.07 Å². The van der Waals surface area contributed by atoms with Gasteiger partial charge in [0, 0.05) is 16.3 Å². The topological polar surface area (TPSA) is 48.4 Å². The highest BCUT2D eigenvalue weighted by Gasteiger charge is 2.19. The first-order valence-corrected chi connectivity index (χ1v) is 10.5. The summed E-state index contributed by atoms with van der Waals surface area (Å²) in [7, 11) is 1.36. The van der Waals surface area contributed by atoms with Crippen molar-refractivity contribution >= 4 is 17.6 Å². The maximum absolute atomic E-state index is 11.5. The van der Waals surface area contributed by atoms with Crippen molar-refractivity contribution in [2.45, 2.75) is 38.7 Å². The zero-order chi connectivity index (χ0) is 21.1. The molecule has 1 aliphatic carbocycles. The summed E-state index contributed by atoms with van der Waals surface area (Å²) in [4.78, 5) is 16.5. The third-order valence-electron chi connectivity index (χ3n) is 5.43. The molecule has 1 unspecified atom stereocenters. The van der Waals surface area contributed by atoms with Crippen LogP contribution in [0, 0.1) is 0 Å². The van der Waals surface area contributed by atoms with Gasteiger partial charge in [0.2, 0.25) is 0 Å². The Bertz CT molecular complexity index is 1060. The predicted octanol–water partition coefficient (Wildman–Crippen LogP) is 5.42. The first kappa shape index (κ1) is 20.4. The van der Waals surface area contributed by atoms with Gasteiger partial charge in [-0.1, -0.05) is 35.9 Å². The van der Waals surface area contributed by atoms with Gasteiger partial charge in [0.15, 0.2) is 6.10 Å². The summed E-state index contributed by atoms with van der Waals surface area (Å²) < 4.78 is 10.3. The number of esters is 1. The lowest BCUT2D eigenvalue weighted by molar-refractivity contribution is -0.147. The Labute approximate surface area is 181 Å². The molecule has 3 aromatic rings. The van der Waals surface area contributed by atoms with Gasteiger partial charge in [-0.3, -0.25) is 4.98 Å². The third kappa shape index (κ3) is 4.49. The Kier molecular flexibility index (Phi) is 6.05. The molecule has 154 valence electrons. The van der Waals surface area contributed by atoms with E-state index in [0.29, 0.717) is 10.8 Å². The standard InChI is InChI=1S/C25H24ClNO3/c1-16(25(28)29-2)30-21-11-9-17(10-12-21)13-19-15-24(18-5-3-6-20(26)14-18)27-23-8-4-7-22(19)23/h3,5-6,9-12,14-16H,4,7-8,13H2,1-2H3. The molecule has 0 saturated heterocycles. The van der Waals surface area contributed by atoms with Crippen molar-refractivity contribution in [1.82, 2.24) is 4.98 Å². The van der Waals surface area contributed by atoms with Crippen LogP contribution in [0.2, 0.25) is 5.02 Å². The summed E-state index contributed by atoms with van der Waals surface area (Å²) in [6, 6.07) is 17.9. The van der Waals surface area contributed by atoms with Crippen LogP contribution in [0.25, 0.3) is 11.3 Å². The second-order valence-corrected chi connectivity index (χ2v) is 8.00. The number of rotatable bonds is 6. The first-order valence-electron chi connectivity index (χ1n) is 10.1. The highest BCUT2D eigenvalue weighted by Crippen LogP contribution is 2.31. The van der Waals surface area contributed by atoms with Gasteiger partial charge in [-0.2, -0.15) is 0 Å². The SMILES string of the molecule is COC(=O)C(C)Oc1ccc(Cc2cc(-c3cccc(Cl)c3)nc3c2CCC3)cc1.